The van der Waals surface area contributed by atoms with E-state index in [1.54, 1.807) is 6.92 Å². The number of piperazine rings is 1. The van der Waals surface area contributed by atoms with Crippen molar-refractivity contribution in [3.63, 3.8) is 0 Å². The van der Waals surface area contributed by atoms with Crippen LogP contribution in [0.1, 0.15) is 35.6 Å². The predicted octanol–water partition coefficient (Wildman–Crippen LogP) is 2.83. The van der Waals surface area contributed by atoms with E-state index >= 15 is 0 Å². The third-order valence-corrected chi connectivity index (χ3v) is 5.40. The molecule has 1 amide bonds. The van der Waals surface area contributed by atoms with E-state index in [4.69, 9.17) is 0 Å². The molecule has 1 fully saturated rings. The van der Waals surface area contributed by atoms with Crippen molar-refractivity contribution in [2.75, 3.05) is 26.2 Å². The number of aromatic nitrogens is 1. The summed E-state index contributed by atoms with van der Waals surface area (Å²) in [4.78, 5) is 28.6. The number of nitrogens with zero attached hydrogens (tertiary/aromatic N) is 3. The van der Waals surface area contributed by atoms with Crippen molar-refractivity contribution in [2.45, 2.75) is 33.7 Å². The number of ketones is 1. The van der Waals surface area contributed by atoms with Gasteiger partial charge < -0.3 is 9.47 Å². The maximum atomic E-state index is 13.1. The van der Waals surface area contributed by atoms with E-state index in [1.807, 2.05) is 49.9 Å². The summed E-state index contributed by atoms with van der Waals surface area (Å²) in [6.45, 7) is 10.5. The van der Waals surface area contributed by atoms with Gasteiger partial charge in [-0.15, -0.1) is 0 Å². The fourth-order valence-corrected chi connectivity index (χ4v) is 3.80. The molecule has 138 valence electrons. The lowest BCUT2D eigenvalue weighted by Gasteiger charge is -2.37. The lowest BCUT2D eigenvalue weighted by Crippen LogP contribution is -2.52. The molecule has 2 aromatic rings. The number of aryl methyl sites for hydroxylation is 1. The Labute approximate surface area is 155 Å². The number of rotatable bonds is 4. The largest absolute Gasteiger partial charge is 0.340 e. The standard InChI is InChI=1S/C21H27N3O2/c1-15-14-20(16(2)24(15)19-8-6-5-7-9-19)21(26)17(3)22-10-12-23(13-11-22)18(4)25/h5-9,14,17H,10-13H2,1-4H3/t17-/m1/s1. The number of amides is 1. The van der Waals surface area contributed by atoms with Crippen molar-refractivity contribution in [3.8, 4) is 5.69 Å². The Morgan fingerprint density at radius 3 is 2.19 bits per heavy atom. The third kappa shape index (κ3) is 3.44. The molecule has 0 saturated carbocycles. The molecule has 2 heterocycles. The first-order chi connectivity index (χ1) is 12.4. The van der Waals surface area contributed by atoms with Gasteiger partial charge in [0, 0.05) is 55.7 Å². The smallest absolute Gasteiger partial charge is 0.219 e. The molecule has 1 aliphatic heterocycles. The summed E-state index contributed by atoms with van der Waals surface area (Å²) in [5, 5.41) is 0. The number of hydrogen-bond acceptors (Lipinski definition) is 3. The number of carbonyl (C=O) groups is 2. The van der Waals surface area contributed by atoms with Crippen molar-refractivity contribution in [2.24, 2.45) is 0 Å². The second-order valence-corrected chi connectivity index (χ2v) is 7.04. The van der Waals surface area contributed by atoms with Crippen LogP contribution >= 0.6 is 0 Å². The fourth-order valence-electron chi connectivity index (χ4n) is 3.80. The zero-order chi connectivity index (χ0) is 18.8. The maximum Gasteiger partial charge on any atom is 0.219 e. The van der Waals surface area contributed by atoms with E-state index in [-0.39, 0.29) is 17.7 Å². The minimum Gasteiger partial charge on any atom is -0.340 e. The van der Waals surface area contributed by atoms with Crippen LogP contribution in [0.3, 0.4) is 0 Å². The van der Waals surface area contributed by atoms with Crippen LogP contribution in [-0.2, 0) is 4.79 Å². The van der Waals surface area contributed by atoms with Gasteiger partial charge in [0.2, 0.25) is 5.91 Å². The second kappa shape index (κ2) is 7.46. The van der Waals surface area contributed by atoms with E-state index in [0.29, 0.717) is 13.1 Å². The molecule has 3 rings (SSSR count). The molecule has 1 saturated heterocycles. The molecule has 1 aromatic carbocycles. The molecule has 26 heavy (non-hydrogen) atoms. The summed E-state index contributed by atoms with van der Waals surface area (Å²) in [6, 6.07) is 11.9. The van der Waals surface area contributed by atoms with Gasteiger partial charge in [0.05, 0.1) is 6.04 Å². The van der Waals surface area contributed by atoms with Gasteiger partial charge >= 0.3 is 0 Å². The molecule has 1 atom stereocenters. The fraction of sp³-hybridized carbons (Fsp3) is 0.429. The Balaban J connectivity index is 1.79. The maximum absolute atomic E-state index is 13.1. The Kier molecular flexibility index (Phi) is 5.28. The van der Waals surface area contributed by atoms with E-state index < -0.39 is 0 Å². The summed E-state index contributed by atoms with van der Waals surface area (Å²) >= 11 is 0. The van der Waals surface area contributed by atoms with Gasteiger partial charge in [-0.05, 0) is 39.0 Å². The van der Waals surface area contributed by atoms with Gasteiger partial charge in [-0.1, -0.05) is 18.2 Å². The Morgan fingerprint density at radius 2 is 1.62 bits per heavy atom. The zero-order valence-electron chi connectivity index (χ0n) is 16.0. The van der Waals surface area contributed by atoms with Crippen molar-refractivity contribution in [1.82, 2.24) is 14.4 Å². The Bertz CT molecular complexity index is 802. The van der Waals surface area contributed by atoms with Crippen LogP contribution in [0.2, 0.25) is 0 Å². The Hall–Kier alpha value is -2.40. The highest BCUT2D eigenvalue weighted by Gasteiger charge is 2.29. The molecule has 1 aliphatic rings. The lowest BCUT2D eigenvalue weighted by atomic mass is 10.0. The van der Waals surface area contributed by atoms with Gasteiger partial charge in [0.25, 0.3) is 0 Å². The first-order valence-corrected chi connectivity index (χ1v) is 9.18. The first-order valence-electron chi connectivity index (χ1n) is 9.18. The topological polar surface area (TPSA) is 45.6 Å². The number of para-hydroxylation sites is 1. The van der Waals surface area contributed by atoms with E-state index in [2.05, 4.69) is 21.6 Å². The van der Waals surface area contributed by atoms with Gasteiger partial charge in [-0.3, -0.25) is 14.5 Å². The average Bonchev–Trinajstić information content (AvgIpc) is 2.95. The molecule has 5 heteroatoms. The van der Waals surface area contributed by atoms with Crippen molar-refractivity contribution < 1.29 is 9.59 Å². The first kappa shape index (κ1) is 18.4. The number of Topliss-reactive ketones (excluding diaryl/α,β-unsaturated/α-hetero) is 1. The lowest BCUT2D eigenvalue weighted by molar-refractivity contribution is -0.130. The average molecular weight is 353 g/mol. The van der Waals surface area contributed by atoms with Crippen LogP contribution in [0.4, 0.5) is 0 Å². The van der Waals surface area contributed by atoms with Crippen LogP contribution in [0.25, 0.3) is 5.69 Å². The van der Waals surface area contributed by atoms with E-state index in [9.17, 15) is 9.59 Å². The van der Waals surface area contributed by atoms with Crippen LogP contribution in [0.15, 0.2) is 36.4 Å². The summed E-state index contributed by atoms with van der Waals surface area (Å²) in [6.07, 6.45) is 0. The molecule has 0 spiro atoms. The zero-order valence-corrected chi connectivity index (χ0v) is 16.0. The van der Waals surface area contributed by atoms with Gasteiger partial charge in [-0.2, -0.15) is 0 Å². The molecular weight excluding hydrogens is 326 g/mol. The van der Waals surface area contributed by atoms with Crippen LogP contribution in [-0.4, -0.2) is 58.3 Å². The third-order valence-electron chi connectivity index (χ3n) is 5.40. The molecule has 5 nitrogen and oxygen atoms in total. The highest BCUT2D eigenvalue weighted by molar-refractivity contribution is 6.01. The number of benzene rings is 1. The summed E-state index contributed by atoms with van der Waals surface area (Å²) in [5.74, 6) is 0.256. The molecule has 0 radical (unpaired) electrons. The molecular formula is C21H27N3O2. The summed E-state index contributed by atoms with van der Waals surface area (Å²) in [5.41, 5.74) is 3.90. The molecule has 0 bridgehead atoms. The summed E-state index contributed by atoms with van der Waals surface area (Å²) < 4.78 is 2.13. The predicted molar refractivity (Wildman–Crippen MR) is 103 cm³/mol. The van der Waals surface area contributed by atoms with Gasteiger partial charge in [0.1, 0.15) is 0 Å². The second-order valence-electron chi connectivity index (χ2n) is 7.04. The highest BCUT2D eigenvalue weighted by Crippen LogP contribution is 2.23. The highest BCUT2D eigenvalue weighted by atomic mass is 16.2. The SMILES string of the molecule is CC(=O)N1CCN([C@H](C)C(=O)c2cc(C)n(-c3ccccc3)c2C)CC1. The van der Waals surface area contributed by atoms with Gasteiger partial charge in [0.15, 0.2) is 5.78 Å². The minimum atomic E-state index is -0.186. The Morgan fingerprint density at radius 1 is 1.00 bits per heavy atom. The molecule has 0 unspecified atom stereocenters. The number of carbonyl (C=O) groups excluding carboxylic acids is 2. The van der Waals surface area contributed by atoms with Crippen LogP contribution in [0.5, 0.6) is 0 Å². The normalized spacial score (nSPS) is 16.5. The summed E-state index contributed by atoms with van der Waals surface area (Å²) in [7, 11) is 0. The van der Waals surface area contributed by atoms with E-state index in [0.717, 1.165) is 35.7 Å². The van der Waals surface area contributed by atoms with Gasteiger partial charge in [-0.25, -0.2) is 0 Å². The molecule has 0 aliphatic carbocycles. The quantitative estimate of drug-likeness (QED) is 0.794. The van der Waals surface area contributed by atoms with Crippen molar-refractivity contribution in [1.29, 1.82) is 0 Å². The van der Waals surface area contributed by atoms with E-state index in [1.165, 1.54) is 0 Å². The van der Waals surface area contributed by atoms with Crippen molar-refractivity contribution >= 4 is 11.7 Å². The minimum absolute atomic E-state index is 0.107. The van der Waals surface area contributed by atoms with Crippen LogP contribution in [0, 0.1) is 13.8 Å². The molecule has 0 N–H and O–H groups in total. The van der Waals surface area contributed by atoms with Crippen LogP contribution < -0.4 is 0 Å². The van der Waals surface area contributed by atoms with Crippen molar-refractivity contribution in [3.05, 3.63) is 53.3 Å². The number of hydrogen-bond donors (Lipinski definition) is 0. The molecule has 1 aromatic heterocycles. The monoisotopic (exact) mass is 353 g/mol.